The first-order valence-electron chi connectivity index (χ1n) is 6.64. The van der Waals surface area contributed by atoms with E-state index in [0.717, 1.165) is 6.54 Å². The zero-order chi connectivity index (χ0) is 15.1. The predicted octanol–water partition coefficient (Wildman–Crippen LogP) is 0.796. The molecule has 0 aromatic carbocycles. The fraction of sp³-hybridized carbons (Fsp3) is 0.385. The lowest BCUT2D eigenvalue weighted by Crippen LogP contribution is -2.30. The standard InChI is InChI=1S/C13H17N5O2S/c1-2-18-9-16-17-11(18)7-15-12(19)3-5-14-13(20)10-4-6-21-8-10/h4,6,8-9H,2-3,5,7H2,1H3,(H,14,20)(H,15,19). The Labute approximate surface area is 126 Å². The second kappa shape index (κ2) is 7.53. The lowest BCUT2D eigenvalue weighted by molar-refractivity contribution is -0.121. The summed E-state index contributed by atoms with van der Waals surface area (Å²) in [6, 6.07) is 1.75. The molecule has 2 heterocycles. The molecule has 7 nitrogen and oxygen atoms in total. The van der Waals surface area contributed by atoms with Crippen molar-refractivity contribution in [2.24, 2.45) is 0 Å². The molecular weight excluding hydrogens is 290 g/mol. The lowest BCUT2D eigenvalue weighted by Gasteiger charge is -2.06. The van der Waals surface area contributed by atoms with Gasteiger partial charge in [-0.05, 0) is 18.4 Å². The Morgan fingerprint density at radius 2 is 2.24 bits per heavy atom. The molecule has 0 bridgehead atoms. The minimum atomic E-state index is -0.158. The Morgan fingerprint density at radius 3 is 2.95 bits per heavy atom. The van der Waals surface area contributed by atoms with Gasteiger partial charge in [-0.3, -0.25) is 9.59 Å². The van der Waals surface area contributed by atoms with E-state index in [1.54, 1.807) is 17.8 Å². The highest BCUT2D eigenvalue weighted by Crippen LogP contribution is 2.05. The summed E-state index contributed by atoms with van der Waals surface area (Å²) in [4.78, 5) is 23.3. The molecule has 2 aromatic heterocycles. The van der Waals surface area contributed by atoms with Gasteiger partial charge in [0.15, 0.2) is 5.82 Å². The molecule has 2 rings (SSSR count). The SMILES string of the molecule is CCn1cnnc1CNC(=O)CCNC(=O)c1ccsc1. The molecule has 8 heteroatoms. The average molecular weight is 307 g/mol. The fourth-order valence-corrected chi connectivity index (χ4v) is 2.37. The Morgan fingerprint density at radius 1 is 1.38 bits per heavy atom. The zero-order valence-corrected chi connectivity index (χ0v) is 12.5. The van der Waals surface area contributed by atoms with E-state index in [2.05, 4.69) is 20.8 Å². The second-order valence-electron chi connectivity index (χ2n) is 4.33. The Hall–Kier alpha value is -2.22. The topological polar surface area (TPSA) is 88.9 Å². The Kier molecular flexibility index (Phi) is 5.44. The van der Waals surface area contributed by atoms with E-state index in [-0.39, 0.29) is 18.2 Å². The number of aromatic nitrogens is 3. The van der Waals surface area contributed by atoms with Crippen LogP contribution >= 0.6 is 11.3 Å². The van der Waals surface area contributed by atoms with Crippen molar-refractivity contribution in [3.05, 3.63) is 34.5 Å². The van der Waals surface area contributed by atoms with Gasteiger partial charge >= 0.3 is 0 Å². The van der Waals surface area contributed by atoms with Crippen LogP contribution in [0, 0.1) is 0 Å². The van der Waals surface area contributed by atoms with Gasteiger partial charge < -0.3 is 15.2 Å². The van der Waals surface area contributed by atoms with Crippen LogP contribution in [0.4, 0.5) is 0 Å². The fourth-order valence-electron chi connectivity index (χ4n) is 1.73. The molecule has 2 amide bonds. The number of amides is 2. The zero-order valence-electron chi connectivity index (χ0n) is 11.7. The maximum atomic E-state index is 11.7. The summed E-state index contributed by atoms with van der Waals surface area (Å²) in [5.41, 5.74) is 0.622. The maximum absolute atomic E-state index is 11.7. The summed E-state index contributed by atoms with van der Waals surface area (Å²) in [6.45, 7) is 3.38. The van der Waals surface area contributed by atoms with Gasteiger partial charge in [-0.1, -0.05) is 0 Å². The minimum Gasteiger partial charge on any atom is -0.351 e. The van der Waals surface area contributed by atoms with Crippen molar-refractivity contribution in [2.75, 3.05) is 6.54 Å². The number of nitrogens with zero attached hydrogens (tertiary/aromatic N) is 3. The van der Waals surface area contributed by atoms with Gasteiger partial charge in [0.25, 0.3) is 5.91 Å². The highest BCUT2D eigenvalue weighted by Gasteiger charge is 2.08. The van der Waals surface area contributed by atoms with Crippen molar-refractivity contribution in [2.45, 2.75) is 26.4 Å². The van der Waals surface area contributed by atoms with Crippen LogP contribution in [0.1, 0.15) is 29.5 Å². The number of nitrogens with one attached hydrogen (secondary N) is 2. The van der Waals surface area contributed by atoms with Gasteiger partial charge in [-0.25, -0.2) is 0 Å². The molecule has 0 spiro atoms. The number of carbonyl (C=O) groups excluding carboxylic acids is 2. The first kappa shape index (κ1) is 15.2. The van der Waals surface area contributed by atoms with E-state index in [1.165, 1.54) is 11.3 Å². The number of carbonyl (C=O) groups is 2. The van der Waals surface area contributed by atoms with E-state index < -0.39 is 0 Å². The van der Waals surface area contributed by atoms with E-state index in [1.807, 2.05) is 16.9 Å². The molecular formula is C13H17N5O2S. The predicted molar refractivity (Wildman–Crippen MR) is 78.8 cm³/mol. The highest BCUT2D eigenvalue weighted by atomic mass is 32.1. The smallest absolute Gasteiger partial charge is 0.252 e. The molecule has 0 radical (unpaired) electrons. The maximum Gasteiger partial charge on any atom is 0.252 e. The molecule has 0 atom stereocenters. The van der Waals surface area contributed by atoms with Crippen LogP contribution in [-0.2, 0) is 17.9 Å². The highest BCUT2D eigenvalue weighted by molar-refractivity contribution is 7.08. The van der Waals surface area contributed by atoms with Crippen LogP contribution in [0.3, 0.4) is 0 Å². The summed E-state index contributed by atoms with van der Waals surface area (Å²) >= 11 is 1.46. The third kappa shape index (κ3) is 4.38. The molecule has 0 aliphatic heterocycles. The van der Waals surface area contributed by atoms with Gasteiger partial charge in [0.1, 0.15) is 6.33 Å². The largest absolute Gasteiger partial charge is 0.351 e. The van der Waals surface area contributed by atoms with Gasteiger partial charge in [0.05, 0.1) is 6.54 Å². The lowest BCUT2D eigenvalue weighted by atomic mass is 10.3. The molecule has 0 saturated carbocycles. The van der Waals surface area contributed by atoms with Crippen molar-refractivity contribution in [1.29, 1.82) is 0 Å². The van der Waals surface area contributed by atoms with Crippen LogP contribution in [0.15, 0.2) is 23.2 Å². The molecule has 0 unspecified atom stereocenters. The van der Waals surface area contributed by atoms with Crippen LogP contribution in [0.2, 0.25) is 0 Å². The van der Waals surface area contributed by atoms with Crippen LogP contribution in [0.25, 0.3) is 0 Å². The minimum absolute atomic E-state index is 0.133. The number of hydrogen-bond acceptors (Lipinski definition) is 5. The third-order valence-corrected chi connectivity index (χ3v) is 3.58. The van der Waals surface area contributed by atoms with Gasteiger partial charge in [0, 0.05) is 30.5 Å². The van der Waals surface area contributed by atoms with Crippen LogP contribution < -0.4 is 10.6 Å². The van der Waals surface area contributed by atoms with Gasteiger partial charge in [-0.15, -0.1) is 10.2 Å². The number of aryl methyl sites for hydroxylation is 1. The first-order valence-corrected chi connectivity index (χ1v) is 7.58. The summed E-state index contributed by atoms with van der Waals surface area (Å²) in [5, 5.41) is 16.8. The molecule has 0 aliphatic rings. The molecule has 112 valence electrons. The molecule has 21 heavy (non-hydrogen) atoms. The van der Waals surface area contributed by atoms with Gasteiger partial charge in [-0.2, -0.15) is 11.3 Å². The monoisotopic (exact) mass is 307 g/mol. The summed E-state index contributed by atoms with van der Waals surface area (Å²) in [7, 11) is 0. The number of hydrogen-bond donors (Lipinski definition) is 2. The summed E-state index contributed by atoms with van der Waals surface area (Å²) < 4.78 is 1.86. The summed E-state index contributed by atoms with van der Waals surface area (Å²) in [6.07, 6.45) is 1.86. The molecule has 0 aliphatic carbocycles. The van der Waals surface area contributed by atoms with E-state index in [4.69, 9.17) is 0 Å². The quantitative estimate of drug-likeness (QED) is 0.791. The molecule has 0 saturated heterocycles. The van der Waals surface area contributed by atoms with Crippen LogP contribution in [0.5, 0.6) is 0 Å². The number of rotatable bonds is 7. The van der Waals surface area contributed by atoms with Crippen LogP contribution in [-0.4, -0.2) is 33.1 Å². The van der Waals surface area contributed by atoms with E-state index in [0.29, 0.717) is 24.5 Å². The van der Waals surface area contributed by atoms with Crippen molar-refractivity contribution in [3.63, 3.8) is 0 Å². The van der Waals surface area contributed by atoms with Crippen molar-refractivity contribution >= 4 is 23.2 Å². The van der Waals surface area contributed by atoms with Crippen molar-refractivity contribution in [1.82, 2.24) is 25.4 Å². The van der Waals surface area contributed by atoms with Gasteiger partial charge in [0.2, 0.25) is 5.91 Å². The molecule has 2 N–H and O–H groups in total. The van der Waals surface area contributed by atoms with Crippen molar-refractivity contribution < 1.29 is 9.59 Å². The second-order valence-corrected chi connectivity index (χ2v) is 5.11. The van der Waals surface area contributed by atoms with E-state index >= 15 is 0 Å². The third-order valence-electron chi connectivity index (χ3n) is 2.90. The number of thiophene rings is 1. The molecule has 2 aromatic rings. The normalized spacial score (nSPS) is 10.3. The molecule has 0 fully saturated rings. The Bertz CT molecular complexity index is 593. The van der Waals surface area contributed by atoms with E-state index in [9.17, 15) is 9.59 Å². The first-order chi connectivity index (χ1) is 10.2. The van der Waals surface area contributed by atoms with Crippen molar-refractivity contribution in [3.8, 4) is 0 Å². The Balaban J connectivity index is 1.67. The summed E-state index contributed by atoms with van der Waals surface area (Å²) in [5.74, 6) is 0.425. The average Bonchev–Trinajstić information content (AvgIpc) is 3.15.